The molecular weight excluding hydrogens is 230 g/mol. The molecular formula is C14H21NO3. The van der Waals surface area contributed by atoms with Gasteiger partial charge in [-0.2, -0.15) is 0 Å². The van der Waals surface area contributed by atoms with Crippen LogP contribution in [-0.4, -0.2) is 31.3 Å². The number of rotatable bonds is 8. The van der Waals surface area contributed by atoms with Gasteiger partial charge in [-0.1, -0.05) is 12.1 Å². The zero-order valence-corrected chi connectivity index (χ0v) is 10.8. The third-order valence-corrected chi connectivity index (χ3v) is 2.68. The summed E-state index contributed by atoms with van der Waals surface area (Å²) in [5, 5.41) is 11.4. The minimum atomic E-state index is 0.0516. The number of carbonyl (C=O) groups excluding carboxylic acids is 1. The standard InChI is InChI=1S/C14H21NO3/c1-18-13-6-4-5-12(11-13)7-8-14(17)15-9-2-3-10-16/h4-6,11,16H,2-3,7-10H2,1H3,(H,15,17). The normalized spacial score (nSPS) is 10.1. The van der Waals surface area contributed by atoms with Crippen molar-refractivity contribution in [2.45, 2.75) is 25.7 Å². The number of methoxy groups -OCH3 is 1. The fourth-order valence-electron chi connectivity index (χ4n) is 1.64. The number of aliphatic hydroxyl groups excluding tert-OH is 1. The van der Waals surface area contributed by atoms with E-state index in [1.165, 1.54) is 0 Å². The van der Waals surface area contributed by atoms with Gasteiger partial charge in [0.2, 0.25) is 5.91 Å². The maximum atomic E-state index is 11.5. The Morgan fingerprint density at radius 2 is 2.22 bits per heavy atom. The minimum Gasteiger partial charge on any atom is -0.497 e. The number of ether oxygens (including phenoxy) is 1. The highest BCUT2D eigenvalue weighted by molar-refractivity contribution is 5.76. The van der Waals surface area contributed by atoms with Gasteiger partial charge in [0, 0.05) is 19.6 Å². The van der Waals surface area contributed by atoms with Crippen molar-refractivity contribution >= 4 is 5.91 Å². The molecule has 0 spiro atoms. The maximum absolute atomic E-state index is 11.5. The van der Waals surface area contributed by atoms with Crippen molar-refractivity contribution in [1.29, 1.82) is 0 Å². The molecule has 0 unspecified atom stereocenters. The first-order chi connectivity index (χ1) is 8.76. The highest BCUT2D eigenvalue weighted by atomic mass is 16.5. The molecule has 0 aliphatic carbocycles. The Morgan fingerprint density at radius 3 is 2.94 bits per heavy atom. The Labute approximate surface area is 108 Å². The predicted octanol–water partition coefficient (Wildman–Crippen LogP) is 1.52. The second-order valence-electron chi connectivity index (χ2n) is 4.13. The first-order valence-electron chi connectivity index (χ1n) is 6.26. The van der Waals surface area contributed by atoms with Gasteiger partial charge >= 0.3 is 0 Å². The Bertz CT molecular complexity index is 366. The van der Waals surface area contributed by atoms with Crippen molar-refractivity contribution in [3.05, 3.63) is 29.8 Å². The highest BCUT2D eigenvalue weighted by Gasteiger charge is 2.02. The second-order valence-corrected chi connectivity index (χ2v) is 4.13. The number of hydrogen-bond acceptors (Lipinski definition) is 3. The minimum absolute atomic E-state index is 0.0516. The number of aryl methyl sites for hydroxylation is 1. The van der Waals surface area contributed by atoms with Crippen LogP contribution in [0, 0.1) is 0 Å². The third kappa shape index (κ3) is 5.68. The van der Waals surface area contributed by atoms with Crippen LogP contribution in [0.3, 0.4) is 0 Å². The van der Waals surface area contributed by atoms with E-state index in [-0.39, 0.29) is 12.5 Å². The first-order valence-corrected chi connectivity index (χ1v) is 6.26. The molecule has 0 bridgehead atoms. The Hall–Kier alpha value is -1.55. The van der Waals surface area contributed by atoms with Crippen LogP contribution in [0.5, 0.6) is 5.75 Å². The van der Waals surface area contributed by atoms with Crippen LogP contribution in [0.1, 0.15) is 24.8 Å². The molecule has 1 amide bonds. The lowest BCUT2D eigenvalue weighted by atomic mass is 10.1. The largest absolute Gasteiger partial charge is 0.497 e. The van der Waals surface area contributed by atoms with Crippen molar-refractivity contribution in [3.8, 4) is 5.75 Å². The van der Waals surface area contributed by atoms with Crippen molar-refractivity contribution in [2.75, 3.05) is 20.3 Å². The number of nitrogens with one attached hydrogen (secondary N) is 1. The van der Waals surface area contributed by atoms with Crippen LogP contribution in [-0.2, 0) is 11.2 Å². The number of hydrogen-bond donors (Lipinski definition) is 2. The number of unbranched alkanes of at least 4 members (excludes halogenated alkanes) is 1. The van der Waals surface area contributed by atoms with E-state index in [9.17, 15) is 4.79 Å². The summed E-state index contributed by atoms with van der Waals surface area (Å²) in [7, 11) is 1.63. The lowest BCUT2D eigenvalue weighted by molar-refractivity contribution is -0.121. The van der Waals surface area contributed by atoms with Crippen LogP contribution < -0.4 is 10.1 Å². The van der Waals surface area contributed by atoms with Gasteiger partial charge in [-0.25, -0.2) is 0 Å². The van der Waals surface area contributed by atoms with Crippen LogP contribution in [0.4, 0.5) is 0 Å². The summed E-state index contributed by atoms with van der Waals surface area (Å²) in [6.07, 6.45) is 2.74. The van der Waals surface area contributed by atoms with E-state index in [1.807, 2.05) is 24.3 Å². The Balaban J connectivity index is 2.24. The van der Waals surface area contributed by atoms with Gasteiger partial charge in [-0.05, 0) is 37.0 Å². The van der Waals surface area contributed by atoms with Crippen molar-refractivity contribution in [2.24, 2.45) is 0 Å². The van der Waals surface area contributed by atoms with E-state index in [1.54, 1.807) is 7.11 Å². The van der Waals surface area contributed by atoms with Crippen molar-refractivity contribution in [1.82, 2.24) is 5.32 Å². The van der Waals surface area contributed by atoms with Gasteiger partial charge < -0.3 is 15.2 Å². The molecule has 4 nitrogen and oxygen atoms in total. The van der Waals surface area contributed by atoms with Gasteiger partial charge in [-0.3, -0.25) is 4.79 Å². The highest BCUT2D eigenvalue weighted by Crippen LogP contribution is 2.13. The molecule has 100 valence electrons. The van der Waals surface area contributed by atoms with Crippen molar-refractivity contribution in [3.63, 3.8) is 0 Å². The molecule has 0 saturated heterocycles. The summed E-state index contributed by atoms with van der Waals surface area (Å²) in [5.74, 6) is 0.867. The summed E-state index contributed by atoms with van der Waals surface area (Å²) in [6, 6.07) is 7.74. The number of benzene rings is 1. The summed E-state index contributed by atoms with van der Waals surface area (Å²) < 4.78 is 5.13. The maximum Gasteiger partial charge on any atom is 0.220 e. The lowest BCUT2D eigenvalue weighted by Gasteiger charge is -2.06. The van der Waals surface area contributed by atoms with Gasteiger partial charge in [0.1, 0.15) is 5.75 Å². The predicted molar refractivity (Wildman–Crippen MR) is 70.6 cm³/mol. The summed E-state index contributed by atoms with van der Waals surface area (Å²) >= 11 is 0. The average molecular weight is 251 g/mol. The van der Waals surface area contributed by atoms with E-state index >= 15 is 0 Å². The molecule has 18 heavy (non-hydrogen) atoms. The Kier molecular flexibility index (Phi) is 6.87. The topological polar surface area (TPSA) is 58.6 Å². The molecule has 0 saturated carbocycles. The van der Waals surface area contributed by atoms with E-state index in [0.29, 0.717) is 19.4 Å². The zero-order chi connectivity index (χ0) is 13.2. The SMILES string of the molecule is COc1cccc(CCC(=O)NCCCCO)c1. The Morgan fingerprint density at radius 1 is 1.39 bits per heavy atom. The molecule has 1 rings (SSSR count). The van der Waals surface area contributed by atoms with E-state index < -0.39 is 0 Å². The van der Waals surface area contributed by atoms with Crippen LogP contribution in [0.25, 0.3) is 0 Å². The van der Waals surface area contributed by atoms with E-state index in [0.717, 1.165) is 24.2 Å². The summed E-state index contributed by atoms with van der Waals surface area (Å²) in [6.45, 7) is 0.817. The molecule has 0 atom stereocenters. The van der Waals surface area contributed by atoms with Crippen molar-refractivity contribution < 1.29 is 14.6 Å². The second kappa shape index (κ2) is 8.53. The van der Waals surface area contributed by atoms with E-state index in [2.05, 4.69) is 5.32 Å². The number of amides is 1. The van der Waals surface area contributed by atoms with Gasteiger partial charge in [0.25, 0.3) is 0 Å². The number of aliphatic hydroxyl groups is 1. The summed E-state index contributed by atoms with van der Waals surface area (Å²) in [5.41, 5.74) is 1.10. The summed E-state index contributed by atoms with van der Waals surface area (Å²) in [4.78, 5) is 11.5. The van der Waals surface area contributed by atoms with E-state index in [4.69, 9.17) is 9.84 Å². The smallest absolute Gasteiger partial charge is 0.220 e. The molecule has 0 heterocycles. The molecule has 1 aromatic carbocycles. The quantitative estimate of drug-likeness (QED) is 0.689. The fraction of sp³-hybridized carbons (Fsp3) is 0.500. The van der Waals surface area contributed by atoms with Gasteiger partial charge in [0.05, 0.1) is 7.11 Å². The first kappa shape index (κ1) is 14.5. The molecule has 0 aliphatic rings. The molecule has 0 aliphatic heterocycles. The molecule has 0 radical (unpaired) electrons. The van der Waals surface area contributed by atoms with Crippen LogP contribution in [0.15, 0.2) is 24.3 Å². The van der Waals surface area contributed by atoms with Crippen LogP contribution >= 0.6 is 0 Å². The van der Waals surface area contributed by atoms with Crippen LogP contribution in [0.2, 0.25) is 0 Å². The van der Waals surface area contributed by atoms with Gasteiger partial charge in [0.15, 0.2) is 0 Å². The molecule has 4 heteroatoms. The number of carbonyl (C=O) groups is 1. The molecule has 1 aromatic rings. The molecule has 0 fully saturated rings. The monoisotopic (exact) mass is 251 g/mol. The third-order valence-electron chi connectivity index (χ3n) is 2.68. The fourth-order valence-corrected chi connectivity index (χ4v) is 1.64. The molecule has 0 aromatic heterocycles. The average Bonchev–Trinajstić information content (AvgIpc) is 2.41. The van der Waals surface area contributed by atoms with Gasteiger partial charge in [-0.15, -0.1) is 0 Å². The lowest BCUT2D eigenvalue weighted by Crippen LogP contribution is -2.24. The zero-order valence-electron chi connectivity index (χ0n) is 10.8. The molecule has 2 N–H and O–H groups in total.